The highest BCUT2D eigenvalue weighted by Crippen LogP contribution is 2.43. The van der Waals surface area contributed by atoms with Crippen LogP contribution in [0.15, 0.2) is 36.7 Å². The zero-order valence-corrected chi connectivity index (χ0v) is 16.4. The lowest BCUT2D eigenvalue weighted by Crippen LogP contribution is -2.36. The van der Waals surface area contributed by atoms with Gasteiger partial charge in [0.15, 0.2) is 0 Å². The third-order valence-corrected chi connectivity index (χ3v) is 5.95. The molecule has 4 rings (SSSR count). The number of aromatic amines is 1. The molecule has 1 aliphatic rings. The molecule has 0 bridgehead atoms. The van der Waals surface area contributed by atoms with E-state index in [1.54, 1.807) is 0 Å². The number of nitrogens with one attached hydrogen (secondary N) is 1. The Kier molecular flexibility index (Phi) is 4.79. The van der Waals surface area contributed by atoms with Gasteiger partial charge in [-0.1, -0.05) is 20.8 Å². The van der Waals surface area contributed by atoms with Crippen molar-refractivity contribution >= 4 is 10.9 Å². The topological polar surface area (TPSA) is 58.1 Å². The normalized spacial score (nSPS) is 19.6. The maximum absolute atomic E-state index is 9.65. The fourth-order valence-electron chi connectivity index (χ4n) is 4.45. The lowest BCUT2D eigenvalue weighted by atomic mass is 9.86. The van der Waals surface area contributed by atoms with Crippen molar-refractivity contribution in [3.8, 4) is 11.1 Å². The first-order chi connectivity index (χ1) is 13.1. The zero-order valence-electron chi connectivity index (χ0n) is 16.4. The minimum absolute atomic E-state index is 0.127. The van der Waals surface area contributed by atoms with Gasteiger partial charge in [-0.25, -0.2) is 0 Å². The van der Waals surface area contributed by atoms with Crippen LogP contribution in [0.25, 0.3) is 22.0 Å². The van der Waals surface area contributed by atoms with Crippen molar-refractivity contribution in [3.05, 3.63) is 53.5 Å². The maximum Gasteiger partial charge on any atom is 0.110 e. The molecule has 142 valence electrons. The first-order valence-corrected chi connectivity index (χ1v) is 9.94. The van der Waals surface area contributed by atoms with E-state index in [2.05, 4.69) is 55.0 Å². The number of rotatable bonds is 5. The summed E-state index contributed by atoms with van der Waals surface area (Å²) in [6, 6.07) is 8.73. The number of benzene rings is 1. The van der Waals surface area contributed by atoms with Crippen LogP contribution in [0.1, 0.15) is 56.4 Å². The molecule has 1 unspecified atom stereocenters. The molecule has 0 fully saturated rings. The molecule has 0 amide bonds. The molecule has 0 saturated heterocycles. The Labute approximate surface area is 160 Å². The summed E-state index contributed by atoms with van der Waals surface area (Å²) < 4.78 is 6.23. The minimum Gasteiger partial charge on any atom is -0.396 e. The maximum atomic E-state index is 9.65. The first kappa shape index (κ1) is 18.2. The van der Waals surface area contributed by atoms with Crippen molar-refractivity contribution in [3.63, 3.8) is 0 Å². The quantitative estimate of drug-likeness (QED) is 0.676. The number of H-pyrrole nitrogens is 1. The average Bonchev–Trinajstić information content (AvgIpc) is 3.08. The van der Waals surface area contributed by atoms with Crippen molar-refractivity contribution in [2.24, 2.45) is 0 Å². The molecule has 2 aromatic heterocycles. The molecule has 3 heterocycles. The molecule has 0 radical (unpaired) electrons. The highest BCUT2D eigenvalue weighted by Gasteiger charge is 2.38. The molecule has 0 saturated carbocycles. The van der Waals surface area contributed by atoms with E-state index >= 15 is 0 Å². The van der Waals surface area contributed by atoms with Crippen LogP contribution in [0, 0.1) is 0 Å². The van der Waals surface area contributed by atoms with E-state index in [1.165, 1.54) is 33.2 Å². The summed E-state index contributed by atoms with van der Waals surface area (Å²) in [4.78, 5) is 7.88. The molecular formula is C23H28N2O2. The van der Waals surface area contributed by atoms with Gasteiger partial charge in [-0.3, -0.25) is 4.98 Å². The summed E-state index contributed by atoms with van der Waals surface area (Å²) in [5, 5.41) is 10.9. The molecule has 27 heavy (non-hydrogen) atoms. The molecular weight excluding hydrogens is 336 g/mol. The van der Waals surface area contributed by atoms with E-state index in [0.717, 1.165) is 18.5 Å². The van der Waals surface area contributed by atoms with Gasteiger partial charge in [0.1, 0.15) is 5.60 Å². The van der Waals surface area contributed by atoms with Crippen molar-refractivity contribution in [1.29, 1.82) is 0 Å². The second-order valence-electron chi connectivity index (χ2n) is 7.78. The number of aliphatic hydroxyl groups excluding tert-OH is 1. The number of aromatic nitrogens is 2. The van der Waals surface area contributed by atoms with Gasteiger partial charge in [-0.15, -0.1) is 0 Å². The van der Waals surface area contributed by atoms with Crippen LogP contribution >= 0.6 is 0 Å². The zero-order chi connectivity index (χ0) is 19.0. The lowest BCUT2D eigenvalue weighted by molar-refractivity contribution is -0.0795. The van der Waals surface area contributed by atoms with E-state index in [9.17, 15) is 5.11 Å². The van der Waals surface area contributed by atoms with Crippen LogP contribution in [0.4, 0.5) is 0 Å². The van der Waals surface area contributed by atoms with Crippen molar-refractivity contribution < 1.29 is 9.84 Å². The predicted molar refractivity (Wildman–Crippen MR) is 109 cm³/mol. The fraction of sp³-hybridized carbons (Fsp3) is 0.435. The molecule has 4 heteroatoms. The van der Waals surface area contributed by atoms with Gasteiger partial charge in [-0.2, -0.15) is 0 Å². The van der Waals surface area contributed by atoms with Gasteiger partial charge in [-0.05, 0) is 65.3 Å². The van der Waals surface area contributed by atoms with Crippen molar-refractivity contribution in [2.45, 2.75) is 51.6 Å². The summed E-state index contributed by atoms with van der Waals surface area (Å²) in [6.07, 6.45) is 6.07. The highest BCUT2D eigenvalue weighted by atomic mass is 16.5. The van der Waals surface area contributed by atoms with E-state index in [1.807, 2.05) is 12.4 Å². The number of pyridine rings is 1. The number of hydrogen-bond acceptors (Lipinski definition) is 3. The van der Waals surface area contributed by atoms with Crippen molar-refractivity contribution in [1.82, 2.24) is 9.97 Å². The Morgan fingerprint density at radius 3 is 2.67 bits per heavy atom. The molecule has 4 nitrogen and oxygen atoms in total. The largest absolute Gasteiger partial charge is 0.396 e. The first-order valence-electron chi connectivity index (χ1n) is 9.94. The van der Waals surface area contributed by atoms with Crippen LogP contribution in [-0.4, -0.2) is 28.3 Å². The predicted octanol–water partition coefficient (Wildman–Crippen LogP) is 4.91. The number of ether oxygens (including phenoxy) is 1. The number of aliphatic hydroxyl groups is 1. The summed E-state index contributed by atoms with van der Waals surface area (Å²) >= 11 is 0. The molecule has 1 atom stereocenters. The van der Waals surface area contributed by atoms with Crippen molar-refractivity contribution in [2.75, 3.05) is 13.2 Å². The van der Waals surface area contributed by atoms with Crippen LogP contribution in [0.3, 0.4) is 0 Å². The molecule has 3 aromatic rings. The Morgan fingerprint density at radius 2 is 2.00 bits per heavy atom. The molecule has 2 N–H and O–H groups in total. The third-order valence-electron chi connectivity index (χ3n) is 5.95. The van der Waals surface area contributed by atoms with Gasteiger partial charge in [0.2, 0.25) is 0 Å². The Morgan fingerprint density at radius 1 is 1.22 bits per heavy atom. The van der Waals surface area contributed by atoms with Crippen LogP contribution in [0.2, 0.25) is 0 Å². The standard InChI is InChI=1S/C23H28N2O2/c1-4-23(8-11-26)22-18(7-12-27-23)20-14-17(16-5-9-24-10-6-16)13-19(15(2)3)21(20)25-22/h5-6,9-10,13-15,25-26H,4,7-8,11-12H2,1-3H3. The SMILES string of the molecule is CCC1(CCO)OCCc2c1[nH]c1c(C(C)C)cc(-c3ccncc3)cc21. The molecule has 1 aliphatic heterocycles. The summed E-state index contributed by atoms with van der Waals surface area (Å²) in [6.45, 7) is 7.44. The molecule has 1 aromatic carbocycles. The summed E-state index contributed by atoms with van der Waals surface area (Å²) in [5.41, 5.74) is 7.06. The Bertz CT molecular complexity index is 946. The molecule has 0 spiro atoms. The van der Waals surface area contributed by atoms with Crippen LogP contribution < -0.4 is 0 Å². The van der Waals surface area contributed by atoms with E-state index < -0.39 is 5.60 Å². The monoisotopic (exact) mass is 364 g/mol. The second-order valence-corrected chi connectivity index (χ2v) is 7.78. The van der Waals surface area contributed by atoms with Crippen LogP contribution in [0.5, 0.6) is 0 Å². The molecule has 0 aliphatic carbocycles. The number of hydrogen-bond donors (Lipinski definition) is 2. The number of nitrogens with zero attached hydrogens (tertiary/aromatic N) is 1. The van der Waals surface area contributed by atoms with Gasteiger partial charge in [0.25, 0.3) is 0 Å². The Hall–Kier alpha value is -2.17. The van der Waals surface area contributed by atoms with Crippen LogP contribution in [-0.2, 0) is 16.8 Å². The minimum atomic E-state index is -0.410. The highest BCUT2D eigenvalue weighted by molar-refractivity contribution is 5.92. The van der Waals surface area contributed by atoms with E-state index in [-0.39, 0.29) is 6.61 Å². The van der Waals surface area contributed by atoms with E-state index in [4.69, 9.17) is 4.74 Å². The third kappa shape index (κ3) is 2.97. The lowest BCUT2D eigenvalue weighted by Gasteiger charge is -2.36. The summed E-state index contributed by atoms with van der Waals surface area (Å²) in [5.74, 6) is 0.407. The average molecular weight is 364 g/mol. The Balaban J connectivity index is 1.99. The van der Waals surface area contributed by atoms with Gasteiger partial charge in [0, 0.05) is 36.3 Å². The van der Waals surface area contributed by atoms with E-state index in [0.29, 0.717) is 18.9 Å². The smallest absolute Gasteiger partial charge is 0.110 e. The fourth-order valence-corrected chi connectivity index (χ4v) is 4.45. The van der Waals surface area contributed by atoms with Gasteiger partial charge >= 0.3 is 0 Å². The second kappa shape index (κ2) is 7.10. The summed E-state index contributed by atoms with van der Waals surface area (Å²) in [7, 11) is 0. The van der Waals surface area contributed by atoms with Gasteiger partial charge < -0.3 is 14.8 Å². The van der Waals surface area contributed by atoms with Gasteiger partial charge in [0.05, 0.1) is 12.3 Å². The number of fused-ring (bicyclic) bond motifs is 3.